The zero-order valence-electron chi connectivity index (χ0n) is 11.9. The van der Waals surface area contributed by atoms with E-state index in [1.54, 1.807) is 23.1 Å². The highest BCUT2D eigenvalue weighted by molar-refractivity contribution is 5.97. The fourth-order valence-electron chi connectivity index (χ4n) is 2.36. The second-order valence-electron chi connectivity index (χ2n) is 4.92. The highest BCUT2D eigenvalue weighted by Crippen LogP contribution is 2.23. The molecule has 3 N–H and O–H groups in total. The zero-order chi connectivity index (χ0) is 15.4. The van der Waals surface area contributed by atoms with Crippen LogP contribution in [0.1, 0.15) is 10.4 Å². The van der Waals surface area contributed by atoms with Gasteiger partial charge in [0.1, 0.15) is 5.75 Å². The number of carboxylic acids is 1. The number of nitrogens with two attached hydrogens (primary N) is 1. The number of nitrogens with zero attached hydrogens (tertiary/aromatic N) is 2. The lowest BCUT2D eigenvalue weighted by molar-refractivity contribution is -0.138. The van der Waals surface area contributed by atoms with E-state index in [-0.39, 0.29) is 12.5 Å². The molecule has 1 heterocycles. The quantitative estimate of drug-likeness (QED) is 0.766. The molecule has 1 aromatic carbocycles. The van der Waals surface area contributed by atoms with Crippen LogP contribution in [0.5, 0.6) is 5.75 Å². The summed E-state index contributed by atoms with van der Waals surface area (Å²) >= 11 is 0. The van der Waals surface area contributed by atoms with Gasteiger partial charge in [-0.25, -0.2) is 0 Å². The first-order chi connectivity index (χ1) is 10.0. The summed E-state index contributed by atoms with van der Waals surface area (Å²) in [6, 6.07) is 4.93. The molecule has 0 saturated carbocycles. The van der Waals surface area contributed by atoms with Gasteiger partial charge in [-0.05, 0) is 12.1 Å². The van der Waals surface area contributed by atoms with Crippen LogP contribution in [0, 0.1) is 0 Å². The summed E-state index contributed by atoms with van der Waals surface area (Å²) in [5.74, 6) is -0.523. The number of amides is 1. The van der Waals surface area contributed by atoms with Crippen molar-refractivity contribution in [3.63, 3.8) is 0 Å². The Kier molecular flexibility index (Phi) is 4.64. The number of carbonyl (C=O) groups is 2. The van der Waals surface area contributed by atoms with Crippen molar-refractivity contribution in [1.82, 2.24) is 9.80 Å². The van der Waals surface area contributed by atoms with Gasteiger partial charge in [0.15, 0.2) is 0 Å². The van der Waals surface area contributed by atoms with Crippen molar-refractivity contribution in [2.45, 2.75) is 0 Å². The number of carbonyl (C=O) groups excluding carboxylic acids is 1. The van der Waals surface area contributed by atoms with Crippen molar-refractivity contribution in [2.24, 2.45) is 0 Å². The van der Waals surface area contributed by atoms with Gasteiger partial charge in [-0.1, -0.05) is 0 Å². The summed E-state index contributed by atoms with van der Waals surface area (Å²) in [4.78, 5) is 26.7. The van der Waals surface area contributed by atoms with Gasteiger partial charge >= 0.3 is 5.97 Å². The highest BCUT2D eigenvalue weighted by atomic mass is 16.5. The van der Waals surface area contributed by atoms with E-state index in [2.05, 4.69) is 0 Å². The fraction of sp³-hybridized carbons (Fsp3) is 0.429. The topological polar surface area (TPSA) is 96.1 Å². The number of benzene rings is 1. The molecular weight excluding hydrogens is 274 g/mol. The molecule has 1 fully saturated rings. The van der Waals surface area contributed by atoms with Crippen molar-refractivity contribution in [3.05, 3.63) is 23.8 Å². The number of hydrogen-bond acceptors (Lipinski definition) is 5. The van der Waals surface area contributed by atoms with Gasteiger partial charge in [0.05, 0.1) is 19.2 Å². The molecule has 1 aromatic rings. The van der Waals surface area contributed by atoms with E-state index in [1.807, 2.05) is 4.90 Å². The molecule has 1 saturated heterocycles. The summed E-state index contributed by atoms with van der Waals surface area (Å²) in [6.07, 6.45) is 0. The predicted molar refractivity (Wildman–Crippen MR) is 77.4 cm³/mol. The van der Waals surface area contributed by atoms with Gasteiger partial charge in [0.25, 0.3) is 5.91 Å². The third kappa shape index (κ3) is 3.63. The zero-order valence-corrected chi connectivity index (χ0v) is 11.9. The minimum atomic E-state index is -0.852. The summed E-state index contributed by atoms with van der Waals surface area (Å²) in [6.45, 7) is 2.11. The number of anilines is 1. The minimum absolute atomic E-state index is 0.00716. The van der Waals surface area contributed by atoms with Gasteiger partial charge in [-0.2, -0.15) is 0 Å². The molecule has 114 valence electrons. The van der Waals surface area contributed by atoms with E-state index in [4.69, 9.17) is 15.6 Å². The molecule has 7 heteroatoms. The smallest absolute Gasteiger partial charge is 0.317 e. The van der Waals surface area contributed by atoms with Crippen LogP contribution in [0.25, 0.3) is 0 Å². The predicted octanol–water partition coefficient (Wildman–Crippen LogP) is 0.120. The van der Waals surface area contributed by atoms with Crippen molar-refractivity contribution in [2.75, 3.05) is 45.6 Å². The third-order valence-corrected chi connectivity index (χ3v) is 3.47. The summed E-state index contributed by atoms with van der Waals surface area (Å²) in [7, 11) is 1.50. The maximum absolute atomic E-state index is 12.5. The Morgan fingerprint density at radius 1 is 1.29 bits per heavy atom. The maximum atomic E-state index is 12.5. The molecule has 0 aliphatic carbocycles. The van der Waals surface area contributed by atoms with Crippen LogP contribution >= 0.6 is 0 Å². The molecule has 0 spiro atoms. The Bertz CT molecular complexity index is 539. The van der Waals surface area contributed by atoms with E-state index in [9.17, 15) is 9.59 Å². The molecule has 1 aliphatic heterocycles. The second kappa shape index (κ2) is 6.45. The molecule has 0 atom stereocenters. The number of aliphatic carboxylic acids is 1. The van der Waals surface area contributed by atoms with Crippen molar-refractivity contribution >= 4 is 17.6 Å². The molecule has 0 aromatic heterocycles. The SMILES string of the molecule is COc1cc(N)ccc1C(=O)N1CCN(CC(=O)O)CC1. The molecule has 21 heavy (non-hydrogen) atoms. The van der Waals surface area contributed by atoms with Crippen LogP contribution in [0.2, 0.25) is 0 Å². The molecule has 2 rings (SSSR count). The lowest BCUT2D eigenvalue weighted by Gasteiger charge is -2.34. The second-order valence-corrected chi connectivity index (χ2v) is 4.92. The number of carboxylic acid groups (broad SMARTS) is 1. The maximum Gasteiger partial charge on any atom is 0.317 e. The summed E-state index contributed by atoms with van der Waals surface area (Å²) < 4.78 is 5.20. The molecule has 1 amide bonds. The van der Waals surface area contributed by atoms with Crippen molar-refractivity contribution < 1.29 is 19.4 Å². The molecule has 1 aliphatic rings. The molecule has 0 unspecified atom stereocenters. The van der Waals surface area contributed by atoms with Crippen LogP contribution in [-0.4, -0.2) is 66.6 Å². The average molecular weight is 293 g/mol. The van der Waals surface area contributed by atoms with Gasteiger partial charge < -0.3 is 20.5 Å². The van der Waals surface area contributed by atoms with Crippen LogP contribution < -0.4 is 10.5 Å². The largest absolute Gasteiger partial charge is 0.496 e. The summed E-state index contributed by atoms with van der Waals surface area (Å²) in [5.41, 5.74) is 6.69. The van der Waals surface area contributed by atoms with Crippen LogP contribution in [0.15, 0.2) is 18.2 Å². The number of methoxy groups -OCH3 is 1. The van der Waals surface area contributed by atoms with Crippen LogP contribution in [0.3, 0.4) is 0 Å². The van der Waals surface area contributed by atoms with Gasteiger partial charge in [0, 0.05) is 37.9 Å². The van der Waals surface area contributed by atoms with E-state index in [0.717, 1.165) is 0 Å². The average Bonchev–Trinajstić information content (AvgIpc) is 2.46. The number of piperazine rings is 1. The van der Waals surface area contributed by atoms with E-state index in [1.165, 1.54) is 7.11 Å². The van der Waals surface area contributed by atoms with Crippen molar-refractivity contribution in [1.29, 1.82) is 0 Å². The number of ether oxygens (including phenoxy) is 1. The first kappa shape index (κ1) is 15.1. The van der Waals surface area contributed by atoms with Crippen LogP contribution in [-0.2, 0) is 4.79 Å². The highest BCUT2D eigenvalue weighted by Gasteiger charge is 2.25. The Balaban J connectivity index is 2.03. The van der Waals surface area contributed by atoms with Crippen LogP contribution in [0.4, 0.5) is 5.69 Å². The fourth-order valence-corrected chi connectivity index (χ4v) is 2.36. The number of hydrogen-bond donors (Lipinski definition) is 2. The Morgan fingerprint density at radius 3 is 2.52 bits per heavy atom. The van der Waals surface area contributed by atoms with Crippen molar-refractivity contribution in [3.8, 4) is 5.75 Å². The third-order valence-electron chi connectivity index (χ3n) is 3.47. The Hall–Kier alpha value is -2.28. The molecular formula is C14H19N3O4. The van der Waals surface area contributed by atoms with Gasteiger partial charge in [-0.15, -0.1) is 0 Å². The Morgan fingerprint density at radius 2 is 1.95 bits per heavy atom. The van der Waals surface area contributed by atoms with E-state index in [0.29, 0.717) is 43.2 Å². The van der Waals surface area contributed by atoms with Gasteiger partial charge in [-0.3, -0.25) is 14.5 Å². The first-order valence-electron chi connectivity index (χ1n) is 6.68. The number of nitrogen functional groups attached to an aromatic ring is 1. The Labute approximate surface area is 122 Å². The van der Waals surface area contributed by atoms with E-state index >= 15 is 0 Å². The summed E-state index contributed by atoms with van der Waals surface area (Å²) in [5, 5.41) is 8.76. The number of rotatable bonds is 4. The van der Waals surface area contributed by atoms with Gasteiger partial charge in [0.2, 0.25) is 0 Å². The molecule has 0 bridgehead atoms. The monoisotopic (exact) mass is 293 g/mol. The lowest BCUT2D eigenvalue weighted by atomic mass is 10.1. The minimum Gasteiger partial charge on any atom is -0.496 e. The standard InChI is InChI=1S/C14H19N3O4/c1-21-12-8-10(15)2-3-11(12)14(20)17-6-4-16(5-7-17)9-13(18)19/h2-3,8H,4-7,9,15H2,1H3,(H,18,19). The molecule has 7 nitrogen and oxygen atoms in total. The van der Waals surface area contributed by atoms with E-state index < -0.39 is 5.97 Å². The normalized spacial score (nSPS) is 15.8. The first-order valence-corrected chi connectivity index (χ1v) is 6.68. The lowest BCUT2D eigenvalue weighted by Crippen LogP contribution is -2.49. The molecule has 0 radical (unpaired) electrons.